The molecule has 1 aromatic carbocycles. The predicted molar refractivity (Wildman–Crippen MR) is 54.3 cm³/mol. The lowest BCUT2D eigenvalue weighted by atomic mass is 10.3. The van der Waals surface area contributed by atoms with Crippen LogP contribution in [0.1, 0.15) is 10.4 Å². The van der Waals surface area contributed by atoms with Crippen molar-refractivity contribution in [1.29, 1.82) is 0 Å². The van der Waals surface area contributed by atoms with Crippen LogP contribution >= 0.6 is 11.6 Å². The molecule has 0 unspecified atom stereocenters. The number of carbonyl (C=O) groups excluding carboxylic acids is 1. The quantitative estimate of drug-likeness (QED) is 0.625. The fourth-order valence-corrected chi connectivity index (χ4v) is 0.952. The maximum absolute atomic E-state index is 10.8. The molecule has 66 valence electrons. The van der Waals surface area contributed by atoms with Crippen LogP contribution in [-0.4, -0.2) is 5.24 Å². The highest BCUT2D eigenvalue weighted by Crippen LogP contribution is 1.99. The number of carbonyl (C=O) groups is 1. The van der Waals surface area contributed by atoms with Crippen molar-refractivity contribution in [3.05, 3.63) is 60.2 Å². The van der Waals surface area contributed by atoms with Crippen molar-refractivity contribution in [3.8, 4) is 0 Å². The molecule has 0 aliphatic rings. The number of hydrogen-bond acceptors (Lipinski definition) is 1. The molecule has 1 aromatic rings. The number of hydrogen-bond donors (Lipinski definition) is 0. The van der Waals surface area contributed by atoms with Crippen LogP contribution in [0.5, 0.6) is 0 Å². The molecular weight excluding hydrogens is 184 g/mol. The Bertz CT molecular complexity index is 321. The third-order valence-corrected chi connectivity index (χ3v) is 1.66. The highest BCUT2D eigenvalue weighted by Gasteiger charge is 1.94. The standard InChI is InChI=1S/C11H9ClO/c12-11(13)10-8-6-4-2-1-3-5-7-9-10/h1-9H. The molecule has 0 aliphatic heterocycles. The third kappa shape index (κ3) is 3.72. The van der Waals surface area contributed by atoms with Gasteiger partial charge in [-0.25, -0.2) is 0 Å². The Balaban J connectivity index is 3.19. The second-order valence-corrected chi connectivity index (χ2v) is 2.75. The first kappa shape index (κ1) is 9.75. The monoisotopic (exact) mass is 192 g/mol. The first-order valence-corrected chi connectivity index (χ1v) is 4.27. The Morgan fingerprint density at radius 3 is 1.62 bits per heavy atom. The molecule has 0 spiro atoms. The van der Waals surface area contributed by atoms with Gasteiger partial charge >= 0.3 is 0 Å². The van der Waals surface area contributed by atoms with E-state index in [4.69, 9.17) is 11.6 Å². The molecule has 0 fully saturated rings. The van der Waals surface area contributed by atoms with Gasteiger partial charge in [-0.2, -0.15) is 0 Å². The number of halogens is 1. The van der Waals surface area contributed by atoms with Crippen LogP contribution in [0.4, 0.5) is 0 Å². The Morgan fingerprint density at radius 2 is 1.23 bits per heavy atom. The summed E-state index contributed by atoms with van der Waals surface area (Å²) in [5, 5.41) is -0.446. The fraction of sp³-hybridized carbons (Fsp3) is 0. The molecule has 0 saturated heterocycles. The minimum atomic E-state index is -0.446. The van der Waals surface area contributed by atoms with E-state index < -0.39 is 5.24 Å². The van der Waals surface area contributed by atoms with Gasteiger partial charge in [0.25, 0.3) is 5.24 Å². The van der Waals surface area contributed by atoms with Crippen molar-refractivity contribution in [2.45, 2.75) is 0 Å². The minimum Gasteiger partial charge on any atom is -0.276 e. The Kier molecular flexibility index (Phi) is 4.00. The Labute approximate surface area is 82.3 Å². The first-order valence-electron chi connectivity index (χ1n) is 3.89. The average molecular weight is 193 g/mol. The molecule has 0 amide bonds. The van der Waals surface area contributed by atoms with Crippen LogP contribution in [0.3, 0.4) is 0 Å². The fourth-order valence-electron chi connectivity index (χ4n) is 0.826. The molecule has 1 rings (SSSR count). The number of rotatable bonds is 1. The highest BCUT2D eigenvalue weighted by atomic mass is 35.5. The maximum Gasteiger partial charge on any atom is 0.252 e. The SMILES string of the molecule is O=C(Cl)c1ccccccccc1. The Hall–Kier alpha value is -1.34. The second-order valence-electron chi connectivity index (χ2n) is 2.41. The lowest BCUT2D eigenvalue weighted by molar-refractivity contribution is 0.108. The van der Waals surface area contributed by atoms with E-state index in [1.54, 1.807) is 24.3 Å². The zero-order valence-electron chi connectivity index (χ0n) is 6.98. The van der Waals surface area contributed by atoms with E-state index in [-0.39, 0.29) is 0 Å². The van der Waals surface area contributed by atoms with Gasteiger partial charge in [0.05, 0.1) is 0 Å². The zero-order chi connectivity index (χ0) is 9.52. The lowest BCUT2D eigenvalue weighted by Gasteiger charge is -1.85. The molecule has 0 aromatic heterocycles. The molecule has 1 nitrogen and oxygen atoms in total. The molecule has 0 radical (unpaired) electrons. The normalized spacial score (nSPS) is 8.69. The van der Waals surface area contributed by atoms with Crippen LogP contribution in [0.25, 0.3) is 0 Å². The summed E-state index contributed by atoms with van der Waals surface area (Å²) >= 11 is 5.34. The molecule has 2 heteroatoms. The van der Waals surface area contributed by atoms with Gasteiger partial charge < -0.3 is 0 Å². The molecule has 0 heterocycles. The Morgan fingerprint density at radius 1 is 0.846 bits per heavy atom. The van der Waals surface area contributed by atoms with Crippen molar-refractivity contribution in [1.82, 2.24) is 0 Å². The maximum atomic E-state index is 10.8. The van der Waals surface area contributed by atoms with E-state index in [1.165, 1.54) is 0 Å². The van der Waals surface area contributed by atoms with Gasteiger partial charge in [0.1, 0.15) is 0 Å². The van der Waals surface area contributed by atoms with Gasteiger partial charge in [0.15, 0.2) is 0 Å². The smallest absolute Gasteiger partial charge is 0.252 e. The average Bonchev–Trinajstić information content (AvgIpc) is 2.14. The van der Waals surface area contributed by atoms with Gasteiger partial charge in [0, 0.05) is 5.56 Å². The summed E-state index contributed by atoms with van der Waals surface area (Å²) in [7, 11) is 0. The van der Waals surface area contributed by atoms with E-state index >= 15 is 0 Å². The summed E-state index contributed by atoms with van der Waals surface area (Å²) in [6.45, 7) is 0. The summed E-state index contributed by atoms with van der Waals surface area (Å²) in [4.78, 5) is 10.8. The van der Waals surface area contributed by atoms with E-state index in [9.17, 15) is 4.79 Å². The van der Waals surface area contributed by atoms with E-state index in [0.29, 0.717) is 5.56 Å². The summed E-state index contributed by atoms with van der Waals surface area (Å²) < 4.78 is 0. The molecule has 0 N–H and O–H groups in total. The summed E-state index contributed by atoms with van der Waals surface area (Å²) in [5.74, 6) is 0. The van der Waals surface area contributed by atoms with E-state index in [1.807, 2.05) is 30.3 Å². The van der Waals surface area contributed by atoms with Gasteiger partial charge in [-0.15, -0.1) is 0 Å². The molecular formula is C11H9ClO. The van der Waals surface area contributed by atoms with Crippen LogP contribution < -0.4 is 0 Å². The van der Waals surface area contributed by atoms with Crippen molar-refractivity contribution < 1.29 is 4.79 Å². The summed E-state index contributed by atoms with van der Waals surface area (Å²) in [5.41, 5.74) is 0.484. The van der Waals surface area contributed by atoms with Gasteiger partial charge in [-0.1, -0.05) is 54.6 Å². The van der Waals surface area contributed by atoms with Crippen molar-refractivity contribution >= 4 is 16.8 Å². The largest absolute Gasteiger partial charge is 0.276 e. The highest BCUT2D eigenvalue weighted by molar-refractivity contribution is 6.67. The van der Waals surface area contributed by atoms with Gasteiger partial charge in [0.2, 0.25) is 0 Å². The molecule has 0 aliphatic carbocycles. The first-order chi connectivity index (χ1) is 6.30. The van der Waals surface area contributed by atoms with E-state index in [0.717, 1.165) is 0 Å². The third-order valence-electron chi connectivity index (χ3n) is 1.45. The predicted octanol–water partition coefficient (Wildman–Crippen LogP) is 3.19. The van der Waals surface area contributed by atoms with Gasteiger partial charge in [-0.05, 0) is 11.6 Å². The van der Waals surface area contributed by atoms with Crippen LogP contribution in [-0.2, 0) is 0 Å². The topological polar surface area (TPSA) is 17.1 Å². The van der Waals surface area contributed by atoms with Gasteiger partial charge in [-0.3, -0.25) is 4.79 Å². The van der Waals surface area contributed by atoms with Crippen molar-refractivity contribution in [2.24, 2.45) is 0 Å². The lowest BCUT2D eigenvalue weighted by Crippen LogP contribution is -1.83. The summed E-state index contributed by atoms with van der Waals surface area (Å²) in [6.07, 6.45) is 0. The molecule has 0 bridgehead atoms. The summed E-state index contributed by atoms with van der Waals surface area (Å²) in [6, 6.07) is 16.2. The molecule has 0 atom stereocenters. The van der Waals surface area contributed by atoms with Crippen molar-refractivity contribution in [3.63, 3.8) is 0 Å². The molecule has 0 saturated carbocycles. The van der Waals surface area contributed by atoms with Crippen molar-refractivity contribution in [2.75, 3.05) is 0 Å². The minimum absolute atomic E-state index is 0.446. The second kappa shape index (κ2) is 5.33. The molecule has 13 heavy (non-hydrogen) atoms. The van der Waals surface area contributed by atoms with E-state index in [2.05, 4.69) is 0 Å². The van der Waals surface area contributed by atoms with Crippen LogP contribution in [0, 0.1) is 0 Å². The van der Waals surface area contributed by atoms with Crippen LogP contribution in [0.2, 0.25) is 0 Å². The van der Waals surface area contributed by atoms with Crippen LogP contribution in [0.15, 0.2) is 54.6 Å². The zero-order valence-corrected chi connectivity index (χ0v) is 7.74.